The number of aromatic hydroxyl groups is 1. The number of thiazole rings is 1. The number of ether oxygens (including phenoxy) is 2. The normalized spacial score (nSPS) is 12.9. The Bertz CT molecular complexity index is 1270. The third-order valence-electron chi connectivity index (χ3n) is 5.76. The molecule has 0 saturated heterocycles. The number of pyridine rings is 1. The van der Waals surface area contributed by atoms with Crippen LogP contribution in [0, 0.1) is 6.92 Å². The second kappa shape index (κ2) is 10.0. The molecule has 0 atom stereocenters. The van der Waals surface area contributed by atoms with Crippen molar-refractivity contribution in [2.24, 2.45) is 0 Å². The summed E-state index contributed by atoms with van der Waals surface area (Å²) in [4.78, 5) is 33.0. The van der Waals surface area contributed by atoms with Crippen LogP contribution < -0.4 is 10.1 Å². The van der Waals surface area contributed by atoms with Crippen molar-refractivity contribution in [2.75, 3.05) is 12.4 Å². The van der Waals surface area contributed by atoms with Gasteiger partial charge in [0.25, 0.3) is 0 Å². The van der Waals surface area contributed by atoms with Crippen LogP contribution in [-0.2, 0) is 22.6 Å². The van der Waals surface area contributed by atoms with E-state index in [-0.39, 0.29) is 23.8 Å². The highest BCUT2D eigenvalue weighted by atomic mass is 32.1. The zero-order chi connectivity index (χ0) is 24.2. The molecule has 0 saturated carbocycles. The highest BCUT2D eigenvalue weighted by molar-refractivity contribution is 7.14. The number of fused-ring (bicyclic) bond motifs is 1. The van der Waals surface area contributed by atoms with Gasteiger partial charge in [0.15, 0.2) is 5.13 Å². The number of phenolic OH excluding ortho intramolecular Hbond substituents is 1. The Hall–Kier alpha value is -3.72. The van der Waals surface area contributed by atoms with E-state index in [1.165, 1.54) is 18.4 Å². The maximum absolute atomic E-state index is 12.4. The number of rotatable bonds is 8. The molecule has 2 aromatic heterocycles. The molecule has 1 amide bonds. The first-order chi connectivity index (χ1) is 16.4. The fourth-order valence-electron chi connectivity index (χ4n) is 3.88. The number of nitrogens with one attached hydrogen (secondary N) is 1. The largest absolute Gasteiger partial charge is 0.507 e. The van der Waals surface area contributed by atoms with Crippen LogP contribution in [0.2, 0.25) is 0 Å². The summed E-state index contributed by atoms with van der Waals surface area (Å²) in [6.07, 6.45) is 6.56. The highest BCUT2D eigenvalue weighted by Gasteiger charge is 2.31. The maximum Gasteiger partial charge on any atom is 0.342 e. The van der Waals surface area contributed by atoms with Crippen molar-refractivity contribution in [3.63, 3.8) is 0 Å². The number of anilines is 1. The number of phenols is 1. The van der Waals surface area contributed by atoms with Gasteiger partial charge in [0.05, 0.1) is 12.8 Å². The summed E-state index contributed by atoms with van der Waals surface area (Å²) in [5.41, 5.74) is 4.84. The van der Waals surface area contributed by atoms with Crippen molar-refractivity contribution in [1.82, 2.24) is 9.97 Å². The van der Waals surface area contributed by atoms with Crippen LogP contribution in [0.1, 0.15) is 46.8 Å². The van der Waals surface area contributed by atoms with E-state index in [0.717, 1.165) is 22.4 Å². The van der Waals surface area contributed by atoms with Gasteiger partial charge in [-0.3, -0.25) is 9.78 Å². The molecule has 1 aromatic carbocycles. The van der Waals surface area contributed by atoms with Gasteiger partial charge in [0.2, 0.25) is 5.91 Å². The predicted molar refractivity (Wildman–Crippen MR) is 129 cm³/mol. The lowest BCUT2D eigenvalue weighted by atomic mass is 9.94. The summed E-state index contributed by atoms with van der Waals surface area (Å²) >= 11 is 1.37. The molecule has 0 aliphatic carbocycles. The van der Waals surface area contributed by atoms with E-state index in [1.54, 1.807) is 12.4 Å². The first-order valence-electron chi connectivity index (χ1n) is 10.8. The van der Waals surface area contributed by atoms with Gasteiger partial charge in [-0.2, -0.15) is 0 Å². The van der Waals surface area contributed by atoms with Gasteiger partial charge in [-0.15, -0.1) is 11.3 Å². The first kappa shape index (κ1) is 23.4. The van der Waals surface area contributed by atoms with Gasteiger partial charge in [0, 0.05) is 40.9 Å². The Balaban J connectivity index is 1.38. The number of nitrogens with zero attached hydrogens (tertiary/aromatic N) is 2. The number of methoxy groups -OCH3 is 1. The van der Waals surface area contributed by atoms with E-state index in [1.807, 2.05) is 37.4 Å². The molecule has 2 N–H and O–H groups in total. The van der Waals surface area contributed by atoms with Gasteiger partial charge in [0.1, 0.15) is 23.7 Å². The fourth-order valence-corrected chi connectivity index (χ4v) is 4.61. The molecular weight excluding hydrogens is 454 g/mol. The van der Waals surface area contributed by atoms with Gasteiger partial charge in [-0.1, -0.05) is 11.6 Å². The summed E-state index contributed by atoms with van der Waals surface area (Å²) in [5, 5.41) is 16.0. The zero-order valence-corrected chi connectivity index (χ0v) is 20.0. The number of allylic oxidation sites excluding steroid dienone is 2. The summed E-state index contributed by atoms with van der Waals surface area (Å²) in [7, 11) is 1.54. The van der Waals surface area contributed by atoms with Crippen LogP contribution in [0.25, 0.3) is 11.3 Å². The average Bonchev–Trinajstić information content (AvgIpc) is 3.46. The summed E-state index contributed by atoms with van der Waals surface area (Å²) < 4.78 is 10.6. The van der Waals surface area contributed by atoms with E-state index < -0.39 is 5.97 Å². The Morgan fingerprint density at radius 1 is 1.38 bits per heavy atom. The monoisotopic (exact) mass is 479 g/mol. The van der Waals surface area contributed by atoms with Crippen LogP contribution in [0.15, 0.2) is 41.6 Å². The Labute approximate surface area is 201 Å². The van der Waals surface area contributed by atoms with Gasteiger partial charge in [-0.05, 0) is 44.4 Å². The molecule has 1 aliphatic heterocycles. The average molecular weight is 480 g/mol. The number of hydrogen-bond donors (Lipinski definition) is 2. The third kappa shape index (κ3) is 4.79. The van der Waals surface area contributed by atoms with Crippen molar-refractivity contribution in [3.05, 3.63) is 63.8 Å². The highest BCUT2D eigenvalue weighted by Crippen LogP contribution is 2.42. The van der Waals surface area contributed by atoms with Crippen LogP contribution >= 0.6 is 11.3 Å². The number of aromatic nitrogens is 2. The molecule has 0 fully saturated rings. The number of carbonyl (C=O) groups excluding carboxylic acids is 2. The molecule has 0 unspecified atom stereocenters. The molecule has 3 heterocycles. The molecule has 34 heavy (non-hydrogen) atoms. The predicted octanol–water partition coefficient (Wildman–Crippen LogP) is 4.81. The summed E-state index contributed by atoms with van der Waals surface area (Å²) in [6.45, 7) is 3.91. The van der Waals surface area contributed by atoms with Gasteiger partial charge < -0.3 is 19.9 Å². The van der Waals surface area contributed by atoms with E-state index in [2.05, 4.69) is 15.3 Å². The molecule has 0 bridgehead atoms. The van der Waals surface area contributed by atoms with Crippen molar-refractivity contribution in [3.8, 4) is 22.8 Å². The lowest BCUT2D eigenvalue weighted by Gasteiger charge is -2.15. The van der Waals surface area contributed by atoms with E-state index in [9.17, 15) is 14.7 Å². The quantitative estimate of drug-likeness (QED) is 0.352. The van der Waals surface area contributed by atoms with E-state index in [4.69, 9.17) is 9.47 Å². The number of esters is 1. The second-order valence-corrected chi connectivity index (χ2v) is 8.86. The second-order valence-electron chi connectivity index (χ2n) is 8.00. The number of amides is 1. The number of cyclic esters (lactones) is 1. The summed E-state index contributed by atoms with van der Waals surface area (Å²) in [6, 6.07) is 3.76. The molecule has 1 aliphatic rings. The topological polar surface area (TPSA) is 111 Å². The SMILES string of the molecule is COc1c(C)c2c(c(O)c1C/C=C(/C)CCC(=O)Nc1nc(-c3cccnc3)cs1)C(=O)OC2. The van der Waals surface area contributed by atoms with Crippen molar-refractivity contribution in [1.29, 1.82) is 0 Å². The Morgan fingerprint density at radius 2 is 2.21 bits per heavy atom. The minimum Gasteiger partial charge on any atom is -0.507 e. The van der Waals surface area contributed by atoms with Crippen molar-refractivity contribution in [2.45, 2.75) is 39.7 Å². The molecule has 3 aromatic rings. The fraction of sp³-hybridized carbons (Fsp3) is 0.280. The van der Waals surface area contributed by atoms with Gasteiger partial charge in [-0.25, -0.2) is 9.78 Å². The zero-order valence-electron chi connectivity index (χ0n) is 19.2. The molecular formula is C25H25N3O5S. The maximum atomic E-state index is 12.4. The number of benzene rings is 1. The molecule has 0 radical (unpaired) electrons. The smallest absolute Gasteiger partial charge is 0.342 e. The first-order valence-corrected chi connectivity index (χ1v) is 11.7. The number of carbonyl (C=O) groups is 2. The summed E-state index contributed by atoms with van der Waals surface area (Å²) in [5.74, 6) is -0.207. The van der Waals surface area contributed by atoms with Crippen LogP contribution in [-0.4, -0.2) is 34.1 Å². The number of hydrogen-bond acceptors (Lipinski definition) is 8. The molecule has 176 valence electrons. The van der Waals surface area contributed by atoms with Crippen LogP contribution in [0.5, 0.6) is 11.5 Å². The lowest BCUT2D eigenvalue weighted by Crippen LogP contribution is -2.11. The molecule has 0 spiro atoms. The van der Waals surface area contributed by atoms with Crippen molar-refractivity contribution < 1.29 is 24.2 Å². The molecule has 9 heteroatoms. The minimum atomic E-state index is -0.522. The minimum absolute atomic E-state index is 0.102. The standard InChI is InChI=1S/C25H25N3O5S/c1-14(6-8-17-22(30)21-18(12-33-24(21)31)15(2)23(17)32-3)7-9-20(29)28-25-27-19(13-34-25)16-5-4-10-26-11-16/h4-6,10-11,13,30H,7-9,12H2,1-3H3,(H,27,28,29)/b14-6-. The Morgan fingerprint density at radius 3 is 2.94 bits per heavy atom. The van der Waals surface area contributed by atoms with E-state index in [0.29, 0.717) is 41.3 Å². The molecule has 8 nitrogen and oxygen atoms in total. The van der Waals surface area contributed by atoms with Crippen molar-refractivity contribution >= 4 is 28.3 Å². The molecule has 4 rings (SSSR count). The van der Waals surface area contributed by atoms with Crippen LogP contribution in [0.4, 0.5) is 5.13 Å². The van der Waals surface area contributed by atoms with Crippen LogP contribution in [0.3, 0.4) is 0 Å². The lowest BCUT2D eigenvalue weighted by molar-refractivity contribution is -0.116. The van der Waals surface area contributed by atoms with Gasteiger partial charge >= 0.3 is 5.97 Å². The van der Waals surface area contributed by atoms with E-state index >= 15 is 0 Å². The third-order valence-corrected chi connectivity index (χ3v) is 6.51. The Kier molecular flexibility index (Phi) is 6.93.